The number of aliphatic hydroxyl groups excluding tert-OH is 1. The lowest BCUT2D eigenvalue weighted by atomic mass is 10.2. The lowest BCUT2D eigenvalue weighted by Crippen LogP contribution is -2.36. The lowest BCUT2D eigenvalue weighted by molar-refractivity contribution is -0.000451. The molecular formula is C10H13ClF2N2O3S. The Morgan fingerprint density at radius 1 is 1.47 bits per heavy atom. The summed E-state index contributed by atoms with van der Waals surface area (Å²) in [4.78, 5) is -0.321. The highest BCUT2D eigenvalue weighted by molar-refractivity contribution is 7.89. The zero-order chi connectivity index (χ0) is 14.8. The molecule has 0 aliphatic rings. The van der Waals surface area contributed by atoms with Crippen molar-refractivity contribution in [1.29, 1.82) is 0 Å². The second-order valence-electron chi connectivity index (χ2n) is 3.89. The van der Waals surface area contributed by atoms with Crippen LogP contribution in [0, 0.1) is 6.92 Å². The summed E-state index contributed by atoms with van der Waals surface area (Å²) in [5, 5.41) is 8.79. The van der Waals surface area contributed by atoms with Crippen LogP contribution in [0.15, 0.2) is 17.0 Å². The van der Waals surface area contributed by atoms with Crippen LogP contribution in [0.4, 0.5) is 14.5 Å². The smallest absolute Gasteiger partial charge is 0.265 e. The molecule has 108 valence electrons. The quantitative estimate of drug-likeness (QED) is 0.710. The first-order valence-corrected chi connectivity index (χ1v) is 7.02. The molecule has 1 aromatic rings. The first-order valence-electron chi connectivity index (χ1n) is 5.16. The molecule has 0 spiro atoms. The van der Waals surface area contributed by atoms with Crippen molar-refractivity contribution in [2.24, 2.45) is 0 Å². The van der Waals surface area contributed by atoms with E-state index in [1.807, 2.05) is 4.72 Å². The van der Waals surface area contributed by atoms with Crippen LogP contribution in [0.1, 0.15) is 5.56 Å². The van der Waals surface area contributed by atoms with Gasteiger partial charge < -0.3 is 10.8 Å². The first-order chi connectivity index (χ1) is 8.65. The maximum Gasteiger partial charge on any atom is 0.265 e. The average Bonchev–Trinajstić information content (AvgIpc) is 2.30. The number of alkyl halides is 2. The number of halogens is 3. The van der Waals surface area contributed by atoms with Gasteiger partial charge in [-0.25, -0.2) is 21.9 Å². The second kappa shape index (κ2) is 6.00. The van der Waals surface area contributed by atoms with Crippen LogP contribution in [-0.4, -0.2) is 32.6 Å². The molecule has 0 aliphatic heterocycles. The number of rotatable bonds is 5. The fraction of sp³-hybridized carbons (Fsp3) is 0.400. The van der Waals surface area contributed by atoms with Crippen molar-refractivity contribution in [3.05, 3.63) is 22.7 Å². The molecular weight excluding hydrogens is 302 g/mol. The molecule has 0 saturated heterocycles. The fourth-order valence-electron chi connectivity index (χ4n) is 1.24. The predicted octanol–water partition coefficient (Wildman–Crippen LogP) is 1.13. The van der Waals surface area contributed by atoms with Gasteiger partial charge in [0.1, 0.15) is 11.0 Å². The lowest BCUT2D eigenvalue weighted by Gasteiger charge is -2.13. The topological polar surface area (TPSA) is 92.4 Å². The van der Waals surface area contributed by atoms with Gasteiger partial charge in [0.05, 0.1) is 5.02 Å². The Morgan fingerprint density at radius 2 is 2.05 bits per heavy atom. The van der Waals surface area contributed by atoms with Crippen LogP contribution >= 0.6 is 11.6 Å². The van der Waals surface area contributed by atoms with E-state index in [4.69, 9.17) is 22.4 Å². The minimum Gasteiger partial charge on any atom is -0.398 e. The molecule has 0 heterocycles. The molecule has 1 rings (SSSR count). The van der Waals surface area contributed by atoms with Crippen LogP contribution in [0.25, 0.3) is 0 Å². The summed E-state index contributed by atoms with van der Waals surface area (Å²) in [5.74, 6) is 0. The monoisotopic (exact) mass is 314 g/mol. The molecule has 19 heavy (non-hydrogen) atoms. The summed E-state index contributed by atoms with van der Waals surface area (Å²) in [7, 11) is -4.11. The summed E-state index contributed by atoms with van der Waals surface area (Å²) in [6.45, 7) is 0.829. The predicted molar refractivity (Wildman–Crippen MR) is 67.8 cm³/mol. The van der Waals surface area contributed by atoms with E-state index >= 15 is 0 Å². The number of nitrogens with two attached hydrogens (primary N) is 1. The van der Waals surface area contributed by atoms with E-state index in [1.54, 1.807) is 6.92 Å². The number of anilines is 1. The number of sulfonamides is 1. The molecule has 0 aliphatic carbocycles. The molecule has 0 radical (unpaired) electrons. The maximum atomic E-state index is 12.1. The number of aliphatic hydroxyl groups is 1. The van der Waals surface area contributed by atoms with Crippen LogP contribution in [0.2, 0.25) is 5.02 Å². The van der Waals surface area contributed by atoms with Gasteiger partial charge in [-0.15, -0.1) is 0 Å². The number of nitrogen functional groups attached to an aromatic ring is 1. The highest BCUT2D eigenvalue weighted by Crippen LogP contribution is 2.26. The summed E-state index contributed by atoms with van der Waals surface area (Å²) >= 11 is 5.78. The normalized spacial score (nSPS) is 13.8. The van der Waals surface area contributed by atoms with Crippen LogP contribution in [-0.2, 0) is 10.0 Å². The van der Waals surface area contributed by atoms with Crippen LogP contribution in [0.5, 0.6) is 0 Å². The van der Waals surface area contributed by atoms with Crippen molar-refractivity contribution < 1.29 is 22.3 Å². The molecule has 0 amide bonds. The zero-order valence-corrected chi connectivity index (χ0v) is 11.5. The molecule has 0 bridgehead atoms. The van der Waals surface area contributed by atoms with Crippen molar-refractivity contribution >= 4 is 27.3 Å². The van der Waals surface area contributed by atoms with E-state index in [2.05, 4.69) is 0 Å². The molecule has 1 aromatic carbocycles. The first kappa shape index (κ1) is 16.1. The van der Waals surface area contributed by atoms with Crippen molar-refractivity contribution in [3.63, 3.8) is 0 Å². The van der Waals surface area contributed by atoms with Gasteiger partial charge in [-0.3, -0.25) is 0 Å². The average molecular weight is 315 g/mol. The van der Waals surface area contributed by atoms with Crippen LogP contribution < -0.4 is 10.5 Å². The Bertz CT molecular complexity index is 566. The Morgan fingerprint density at radius 3 is 2.58 bits per heavy atom. The molecule has 0 fully saturated rings. The molecule has 4 N–H and O–H groups in total. The number of aryl methyl sites for hydroxylation is 1. The van der Waals surface area contributed by atoms with Gasteiger partial charge >= 0.3 is 0 Å². The number of benzene rings is 1. The third-order valence-corrected chi connectivity index (χ3v) is 4.27. The van der Waals surface area contributed by atoms with Crippen molar-refractivity contribution in [3.8, 4) is 0 Å². The fourth-order valence-corrected chi connectivity index (χ4v) is 2.90. The number of hydrogen-bond acceptors (Lipinski definition) is 4. The second-order valence-corrected chi connectivity index (χ2v) is 6.04. The Balaban J connectivity index is 2.98. The van der Waals surface area contributed by atoms with Crippen molar-refractivity contribution in [2.45, 2.75) is 24.3 Å². The van der Waals surface area contributed by atoms with Gasteiger partial charge in [0.25, 0.3) is 6.43 Å². The van der Waals surface area contributed by atoms with Gasteiger partial charge in [0.2, 0.25) is 10.0 Å². The van der Waals surface area contributed by atoms with E-state index < -0.39 is 29.1 Å². The number of nitrogens with one attached hydrogen (secondary N) is 1. The van der Waals surface area contributed by atoms with E-state index in [1.165, 1.54) is 6.07 Å². The number of hydrogen-bond donors (Lipinski definition) is 3. The van der Waals surface area contributed by atoms with Gasteiger partial charge in [-0.2, -0.15) is 0 Å². The van der Waals surface area contributed by atoms with Gasteiger partial charge in [0, 0.05) is 12.2 Å². The molecule has 1 atom stereocenters. The van der Waals surface area contributed by atoms with Gasteiger partial charge in [0.15, 0.2) is 0 Å². The third-order valence-electron chi connectivity index (χ3n) is 2.38. The van der Waals surface area contributed by atoms with E-state index in [0.717, 1.165) is 6.07 Å². The van der Waals surface area contributed by atoms with Gasteiger partial charge in [-0.1, -0.05) is 11.6 Å². The Hall–Kier alpha value is -0.960. The van der Waals surface area contributed by atoms with E-state index in [0.29, 0.717) is 5.56 Å². The SMILES string of the molecule is Cc1cc(Cl)c(S(=O)(=O)NCC(O)C(F)F)cc1N. The summed E-state index contributed by atoms with van der Waals surface area (Å²) < 4.78 is 49.7. The van der Waals surface area contributed by atoms with Crippen molar-refractivity contribution in [2.75, 3.05) is 12.3 Å². The highest BCUT2D eigenvalue weighted by atomic mass is 35.5. The molecule has 0 saturated carbocycles. The van der Waals surface area contributed by atoms with E-state index in [-0.39, 0.29) is 15.6 Å². The maximum absolute atomic E-state index is 12.1. The molecule has 9 heteroatoms. The van der Waals surface area contributed by atoms with Crippen molar-refractivity contribution in [1.82, 2.24) is 4.72 Å². The minimum atomic E-state index is -4.11. The van der Waals surface area contributed by atoms with Crippen LogP contribution in [0.3, 0.4) is 0 Å². The van der Waals surface area contributed by atoms with Gasteiger partial charge in [-0.05, 0) is 24.6 Å². The zero-order valence-electron chi connectivity index (χ0n) is 9.90. The van der Waals surface area contributed by atoms with E-state index in [9.17, 15) is 17.2 Å². The summed E-state index contributed by atoms with van der Waals surface area (Å²) in [6, 6.07) is 2.49. The molecule has 1 unspecified atom stereocenters. The largest absolute Gasteiger partial charge is 0.398 e. The highest BCUT2D eigenvalue weighted by Gasteiger charge is 2.23. The molecule has 0 aromatic heterocycles. The molecule has 5 nitrogen and oxygen atoms in total. The summed E-state index contributed by atoms with van der Waals surface area (Å²) in [5.41, 5.74) is 6.37. The Labute approximate surface area is 114 Å². The summed E-state index contributed by atoms with van der Waals surface area (Å²) in [6.07, 6.45) is -5.13. The third kappa shape index (κ3) is 4.00. The minimum absolute atomic E-state index is 0.0780. The Kier molecular flexibility index (Phi) is 5.08. The standard InChI is InChI=1S/C10H13ClF2N2O3S/c1-5-2-6(11)9(3-7(5)14)19(17,18)15-4-8(16)10(12)13/h2-3,8,10,15-16H,4,14H2,1H3.